The molecule has 23 heavy (non-hydrogen) atoms. The molecule has 0 radical (unpaired) electrons. The largest absolute Gasteiger partial charge is 0.220 e. The number of hydrogen-bond acceptors (Lipinski definition) is 0. The number of fused-ring (bicyclic) bond motifs is 1. The molecule has 0 aliphatic carbocycles. The third-order valence-corrected chi connectivity index (χ3v) is 4.54. The maximum absolute atomic E-state index is 13.9. The van der Waals surface area contributed by atoms with Crippen LogP contribution in [0.15, 0.2) is 30.3 Å². The van der Waals surface area contributed by atoms with Gasteiger partial charge in [-0.15, -0.1) is 0 Å². The van der Waals surface area contributed by atoms with Crippen molar-refractivity contribution in [3.8, 4) is 11.3 Å². The highest BCUT2D eigenvalue weighted by Crippen LogP contribution is 2.32. The van der Waals surface area contributed by atoms with Crippen molar-refractivity contribution in [2.45, 2.75) is 27.7 Å². The van der Waals surface area contributed by atoms with Crippen LogP contribution in [0.2, 0.25) is 0 Å². The van der Waals surface area contributed by atoms with E-state index in [0.717, 1.165) is 34.0 Å². The molecule has 1 aromatic heterocycles. The van der Waals surface area contributed by atoms with Crippen molar-refractivity contribution in [2.75, 3.05) is 0 Å². The molecule has 0 saturated heterocycles. The van der Waals surface area contributed by atoms with Gasteiger partial charge >= 0.3 is 0 Å². The standard InChI is InChI=1S/C20H20F2N/c1-11-6-12(2)14(4)16(7-11)20-17-10-19(22)18(21)9-15(17)8-13(3)23(20)5/h6-10H,1-5H3/q+1/i8D. The Bertz CT molecular complexity index is 993. The molecule has 0 amide bonds. The van der Waals surface area contributed by atoms with Gasteiger partial charge in [-0.05, 0) is 55.5 Å². The summed E-state index contributed by atoms with van der Waals surface area (Å²) in [5.41, 5.74) is 5.85. The molecule has 3 aromatic rings. The zero-order chi connectivity index (χ0) is 17.8. The maximum Gasteiger partial charge on any atom is 0.220 e. The summed E-state index contributed by atoms with van der Waals surface area (Å²) in [6.07, 6.45) is 0. The van der Waals surface area contributed by atoms with Crippen LogP contribution < -0.4 is 4.57 Å². The van der Waals surface area contributed by atoms with Gasteiger partial charge in [0.05, 0.1) is 12.3 Å². The molecular weight excluding hydrogens is 292 g/mol. The Balaban J connectivity index is 2.56. The summed E-state index contributed by atoms with van der Waals surface area (Å²) < 4.78 is 37.8. The highest BCUT2D eigenvalue weighted by molar-refractivity contribution is 5.94. The minimum absolute atomic E-state index is 0.220. The predicted molar refractivity (Wildman–Crippen MR) is 89.4 cm³/mol. The summed E-state index contributed by atoms with van der Waals surface area (Å²) in [5.74, 6) is -1.82. The lowest BCUT2D eigenvalue weighted by molar-refractivity contribution is -0.665. The van der Waals surface area contributed by atoms with Crippen LogP contribution in [0, 0.1) is 39.3 Å². The number of halogens is 2. The fourth-order valence-corrected chi connectivity index (χ4v) is 3.08. The normalized spacial score (nSPS) is 11.9. The van der Waals surface area contributed by atoms with Gasteiger partial charge in [0.2, 0.25) is 5.69 Å². The second kappa shape index (κ2) is 5.41. The molecule has 0 aliphatic heterocycles. The molecule has 1 heterocycles. The van der Waals surface area contributed by atoms with E-state index in [1.165, 1.54) is 6.07 Å². The van der Waals surface area contributed by atoms with Crippen molar-refractivity contribution in [3.05, 3.63) is 64.3 Å². The van der Waals surface area contributed by atoms with E-state index in [2.05, 4.69) is 12.1 Å². The molecule has 118 valence electrons. The molecule has 3 rings (SSSR count). The molecule has 2 aromatic carbocycles. The van der Waals surface area contributed by atoms with E-state index in [1.807, 2.05) is 39.3 Å². The lowest BCUT2D eigenvalue weighted by atomic mass is 9.94. The molecule has 0 unspecified atom stereocenters. The van der Waals surface area contributed by atoms with E-state index in [4.69, 9.17) is 1.37 Å². The van der Waals surface area contributed by atoms with Gasteiger partial charge in [0.1, 0.15) is 7.05 Å². The van der Waals surface area contributed by atoms with Gasteiger partial charge in [-0.3, -0.25) is 0 Å². The summed E-state index contributed by atoms with van der Waals surface area (Å²) in [5, 5.41) is 0.984. The van der Waals surface area contributed by atoms with Gasteiger partial charge in [-0.2, -0.15) is 4.57 Å². The summed E-state index contributed by atoms with van der Waals surface area (Å²) in [7, 11) is 1.86. The minimum Gasteiger partial charge on any atom is -0.204 e. The number of pyridine rings is 1. The third-order valence-electron chi connectivity index (χ3n) is 4.54. The van der Waals surface area contributed by atoms with E-state index in [1.54, 1.807) is 0 Å². The molecule has 1 nitrogen and oxygen atoms in total. The average molecular weight is 313 g/mol. The summed E-state index contributed by atoms with van der Waals surface area (Å²) in [6.45, 7) is 7.91. The first-order valence-corrected chi connectivity index (χ1v) is 7.58. The van der Waals surface area contributed by atoms with Crippen molar-refractivity contribution in [3.63, 3.8) is 0 Å². The maximum atomic E-state index is 13.9. The van der Waals surface area contributed by atoms with E-state index in [-0.39, 0.29) is 6.04 Å². The van der Waals surface area contributed by atoms with Crippen LogP contribution in [0.3, 0.4) is 0 Å². The zero-order valence-corrected chi connectivity index (χ0v) is 14.0. The highest BCUT2D eigenvalue weighted by atomic mass is 19.2. The molecule has 0 bridgehead atoms. The Kier molecular flexibility index (Phi) is 3.37. The van der Waals surface area contributed by atoms with Crippen molar-refractivity contribution in [1.29, 1.82) is 0 Å². The van der Waals surface area contributed by atoms with E-state index >= 15 is 0 Å². The summed E-state index contributed by atoms with van der Waals surface area (Å²) >= 11 is 0. The summed E-state index contributed by atoms with van der Waals surface area (Å²) in [6, 6.07) is 6.71. The molecule has 0 aliphatic rings. The molecule has 0 fully saturated rings. The summed E-state index contributed by atoms with van der Waals surface area (Å²) in [4.78, 5) is 0. The van der Waals surface area contributed by atoms with Crippen LogP contribution in [0.5, 0.6) is 0 Å². The fraction of sp³-hybridized carbons (Fsp3) is 0.250. The lowest BCUT2D eigenvalue weighted by Gasteiger charge is -2.13. The molecular formula is C20H20F2N+. The quantitative estimate of drug-likeness (QED) is 0.566. The van der Waals surface area contributed by atoms with Gasteiger partial charge in [0, 0.05) is 13.0 Å². The second-order valence-corrected chi connectivity index (χ2v) is 6.18. The number of aryl methyl sites for hydroxylation is 2. The van der Waals surface area contributed by atoms with Gasteiger partial charge in [-0.25, -0.2) is 8.78 Å². The second-order valence-electron chi connectivity index (χ2n) is 6.18. The zero-order valence-electron chi connectivity index (χ0n) is 15.0. The SMILES string of the molecule is [2H]c1c(C)[n+](C)c(-c2cc(C)cc(C)c2C)c2cc(F)c(F)cc12. The molecule has 0 spiro atoms. The van der Waals surface area contributed by atoms with Crippen LogP contribution in [0.25, 0.3) is 22.0 Å². The smallest absolute Gasteiger partial charge is 0.204 e. The number of aromatic nitrogens is 1. The van der Waals surface area contributed by atoms with Crippen molar-refractivity contribution in [2.24, 2.45) is 7.05 Å². The van der Waals surface area contributed by atoms with Crippen molar-refractivity contribution >= 4 is 10.8 Å². The van der Waals surface area contributed by atoms with Crippen LogP contribution >= 0.6 is 0 Å². The fourth-order valence-electron chi connectivity index (χ4n) is 3.08. The van der Waals surface area contributed by atoms with Crippen LogP contribution in [0.1, 0.15) is 23.8 Å². The Hall–Kier alpha value is -2.29. The van der Waals surface area contributed by atoms with Crippen LogP contribution in [0.4, 0.5) is 8.78 Å². The molecule has 0 N–H and O–H groups in total. The van der Waals surface area contributed by atoms with E-state index < -0.39 is 11.6 Å². The number of nitrogens with zero attached hydrogens (tertiary/aromatic N) is 1. The highest BCUT2D eigenvalue weighted by Gasteiger charge is 2.22. The first kappa shape index (κ1) is 14.3. The van der Waals surface area contributed by atoms with Gasteiger partial charge < -0.3 is 0 Å². The van der Waals surface area contributed by atoms with Gasteiger partial charge in [-0.1, -0.05) is 11.6 Å². The predicted octanol–water partition coefficient (Wildman–Crippen LogP) is 4.84. The van der Waals surface area contributed by atoms with E-state index in [9.17, 15) is 8.78 Å². The number of benzene rings is 2. The Morgan fingerprint density at radius 3 is 2.30 bits per heavy atom. The third kappa shape index (κ3) is 2.50. The topological polar surface area (TPSA) is 3.88 Å². The van der Waals surface area contributed by atoms with Crippen LogP contribution in [-0.2, 0) is 7.05 Å². The molecule has 3 heteroatoms. The molecule has 0 atom stereocenters. The van der Waals surface area contributed by atoms with E-state index in [0.29, 0.717) is 16.5 Å². The first-order valence-electron chi connectivity index (χ1n) is 8.08. The van der Waals surface area contributed by atoms with Gasteiger partial charge in [0.15, 0.2) is 17.3 Å². The van der Waals surface area contributed by atoms with Crippen molar-refractivity contribution < 1.29 is 14.7 Å². The minimum atomic E-state index is -0.924. The average Bonchev–Trinajstić information content (AvgIpc) is 2.52. The van der Waals surface area contributed by atoms with Gasteiger partial charge in [0.25, 0.3) is 0 Å². The lowest BCUT2D eigenvalue weighted by Crippen LogP contribution is -2.35. The molecule has 0 saturated carbocycles. The van der Waals surface area contributed by atoms with Crippen LogP contribution in [-0.4, -0.2) is 0 Å². The number of hydrogen-bond donors (Lipinski definition) is 0. The first-order chi connectivity index (χ1) is 11.2. The Morgan fingerprint density at radius 1 is 0.957 bits per heavy atom. The Labute approximate surface area is 136 Å². The Morgan fingerprint density at radius 2 is 1.61 bits per heavy atom. The monoisotopic (exact) mass is 313 g/mol. The van der Waals surface area contributed by atoms with Crippen molar-refractivity contribution in [1.82, 2.24) is 0 Å². The number of rotatable bonds is 1.